The van der Waals surface area contributed by atoms with E-state index in [-0.39, 0.29) is 18.7 Å². The second-order valence-electron chi connectivity index (χ2n) is 2.05. The molecule has 0 heterocycles. The Labute approximate surface area is 70.4 Å². The molecule has 0 unspecified atom stereocenters. The van der Waals surface area contributed by atoms with Crippen molar-refractivity contribution in [3.63, 3.8) is 0 Å². The van der Waals surface area contributed by atoms with E-state index in [0.29, 0.717) is 0 Å². The minimum absolute atomic E-state index is 0.0562. The first-order valence-corrected chi connectivity index (χ1v) is 4.81. The van der Waals surface area contributed by atoms with Gasteiger partial charge in [0, 0.05) is 6.54 Å². The fraction of sp³-hybridized carbons (Fsp3) is 0.600. The number of hydrogen-bond acceptors (Lipinski definition) is 4. The van der Waals surface area contributed by atoms with E-state index >= 15 is 0 Å². The van der Waals surface area contributed by atoms with Gasteiger partial charge >= 0.3 is 0 Å². The summed E-state index contributed by atoms with van der Waals surface area (Å²) in [4.78, 5) is 10.6. The summed E-state index contributed by atoms with van der Waals surface area (Å²) >= 11 is 0. The van der Waals surface area contributed by atoms with Crippen LogP contribution in [0.15, 0.2) is 0 Å². The molecule has 0 aromatic rings. The van der Waals surface area contributed by atoms with Gasteiger partial charge in [-0.3, -0.25) is 4.79 Å². The van der Waals surface area contributed by atoms with Crippen LogP contribution in [0.2, 0.25) is 0 Å². The highest BCUT2D eigenvalue weighted by Crippen LogP contribution is 1.77. The maximum atomic E-state index is 10.6. The van der Waals surface area contributed by atoms with E-state index in [4.69, 9.17) is 5.26 Å². The zero-order valence-electron chi connectivity index (χ0n) is 6.28. The Morgan fingerprint density at radius 1 is 1.58 bits per heavy atom. The second kappa shape index (κ2) is 4.69. The molecule has 0 aromatic heterocycles. The minimum atomic E-state index is -3.53. The molecule has 68 valence electrons. The molecule has 0 rings (SSSR count). The van der Waals surface area contributed by atoms with Crippen LogP contribution >= 0.6 is 0 Å². The topological polar surface area (TPSA) is 113 Å². The number of rotatable bonds is 4. The second-order valence-corrected chi connectivity index (χ2v) is 3.79. The molecule has 0 spiro atoms. The number of nitrogens with two attached hydrogens (primary N) is 1. The fourth-order valence-electron chi connectivity index (χ4n) is 0.467. The molecule has 0 atom stereocenters. The van der Waals surface area contributed by atoms with E-state index in [1.54, 1.807) is 6.07 Å². The predicted molar refractivity (Wildman–Crippen MR) is 41.2 cm³/mol. The first kappa shape index (κ1) is 10.9. The third-order valence-corrected chi connectivity index (χ3v) is 1.72. The zero-order valence-corrected chi connectivity index (χ0v) is 7.10. The maximum absolute atomic E-state index is 10.6. The Morgan fingerprint density at radius 2 is 2.17 bits per heavy atom. The SMILES string of the molecule is N#CCC(=O)NCCS(N)(=O)=O. The van der Waals surface area contributed by atoms with E-state index < -0.39 is 15.9 Å². The van der Waals surface area contributed by atoms with Gasteiger partial charge in [-0.05, 0) is 0 Å². The standard InChI is InChI=1S/C5H9N3O3S/c6-2-1-5(9)8-3-4-12(7,10)11/h1,3-4H2,(H,8,9)(H2,7,10,11). The number of carbonyl (C=O) groups is 1. The monoisotopic (exact) mass is 191 g/mol. The molecule has 0 saturated heterocycles. The van der Waals surface area contributed by atoms with E-state index in [9.17, 15) is 13.2 Å². The van der Waals surface area contributed by atoms with Crippen molar-refractivity contribution >= 4 is 15.9 Å². The van der Waals surface area contributed by atoms with Crippen LogP contribution in [0.5, 0.6) is 0 Å². The summed E-state index contributed by atoms with van der Waals surface area (Å²) in [6, 6.07) is 1.62. The number of hydrogen-bond donors (Lipinski definition) is 2. The molecule has 0 radical (unpaired) electrons. The summed E-state index contributed by atoms with van der Waals surface area (Å²) in [5.74, 6) is -0.814. The number of carbonyl (C=O) groups excluding carboxylic acids is 1. The molecule has 0 fully saturated rings. The van der Waals surface area contributed by atoms with Gasteiger partial charge in [0.15, 0.2) is 0 Å². The van der Waals surface area contributed by atoms with Gasteiger partial charge in [0.25, 0.3) is 0 Å². The molecule has 6 nitrogen and oxygen atoms in total. The lowest BCUT2D eigenvalue weighted by atomic mass is 10.4. The van der Waals surface area contributed by atoms with Gasteiger partial charge in [0.05, 0.1) is 11.8 Å². The van der Waals surface area contributed by atoms with Gasteiger partial charge in [-0.25, -0.2) is 13.6 Å². The molecule has 0 aromatic carbocycles. The van der Waals surface area contributed by atoms with Gasteiger partial charge in [-0.2, -0.15) is 5.26 Å². The molecule has 1 amide bonds. The number of nitrogens with one attached hydrogen (secondary N) is 1. The van der Waals surface area contributed by atoms with E-state index in [1.165, 1.54) is 0 Å². The smallest absolute Gasteiger partial charge is 0.234 e. The lowest BCUT2D eigenvalue weighted by molar-refractivity contribution is -0.119. The molecule has 0 bridgehead atoms. The predicted octanol–water partition coefficient (Wildman–Crippen LogP) is -1.70. The lowest BCUT2D eigenvalue weighted by Crippen LogP contribution is -2.31. The van der Waals surface area contributed by atoms with E-state index in [1.807, 2.05) is 0 Å². The molecule has 0 aliphatic carbocycles. The molecular formula is C5H9N3O3S. The average molecular weight is 191 g/mol. The van der Waals surface area contributed by atoms with Crippen molar-refractivity contribution in [1.82, 2.24) is 5.32 Å². The summed E-state index contributed by atoms with van der Waals surface area (Å²) in [5.41, 5.74) is 0. The normalized spacial score (nSPS) is 10.3. The summed E-state index contributed by atoms with van der Waals surface area (Å²) in [6.07, 6.45) is -0.273. The van der Waals surface area contributed by atoms with Crippen molar-refractivity contribution in [3.05, 3.63) is 0 Å². The number of nitriles is 1. The summed E-state index contributed by atoms with van der Waals surface area (Å²) < 4.78 is 20.7. The molecule has 0 aliphatic rings. The molecule has 12 heavy (non-hydrogen) atoms. The van der Waals surface area contributed by atoms with Crippen LogP contribution in [0.4, 0.5) is 0 Å². The van der Waals surface area contributed by atoms with Crippen molar-refractivity contribution in [1.29, 1.82) is 5.26 Å². The Hall–Kier alpha value is -1.13. The van der Waals surface area contributed by atoms with Crippen LogP contribution in [0.1, 0.15) is 6.42 Å². The summed E-state index contributed by atoms with van der Waals surface area (Å²) in [5, 5.41) is 14.9. The van der Waals surface area contributed by atoms with Gasteiger partial charge in [0.1, 0.15) is 6.42 Å². The molecule has 7 heteroatoms. The number of nitrogens with zero attached hydrogens (tertiary/aromatic N) is 1. The molecular weight excluding hydrogens is 182 g/mol. The highest BCUT2D eigenvalue weighted by Gasteiger charge is 2.03. The number of primary sulfonamides is 1. The summed E-state index contributed by atoms with van der Waals surface area (Å²) in [7, 11) is -3.53. The highest BCUT2D eigenvalue weighted by atomic mass is 32.2. The average Bonchev–Trinajstić information content (AvgIpc) is 1.84. The minimum Gasteiger partial charge on any atom is -0.354 e. The molecule has 0 saturated carbocycles. The van der Waals surface area contributed by atoms with Crippen LogP contribution in [-0.2, 0) is 14.8 Å². The zero-order chi connectivity index (χ0) is 9.61. The van der Waals surface area contributed by atoms with Crippen molar-refractivity contribution in [2.75, 3.05) is 12.3 Å². The van der Waals surface area contributed by atoms with E-state index in [0.717, 1.165) is 0 Å². The first-order chi connectivity index (χ1) is 5.45. The van der Waals surface area contributed by atoms with Crippen LogP contribution < -0.4 is 10.5 Å². The third-order valence-electron chi connectivity index (χ3n) is 0.948. The van der Waals surface area contributed by atoms with Crippen molar-refractivity contribution in [2.24, 2.45) is 5.14 Å². The highest BCUT2D eigenvalue weighted by molar-refractivity contribution is 7.89. The van der Waals surface area contributed by atoms with Crippen LogP contribution in [-0.4, -0.2) is 26.6 Å². The lowest BCUT2D eigenvalue weighted by Gasteiger charge is -1.99. The van der Waals surface area contributed by atoms with E-state index in [2.05, 4.69) is 10.5 Å². The van der Waals surface area contributed by atoms with Gasteiger partial charge < -0.3 is 5.32 Å². The van der Waals surface area contributed by atoms with Crippen molar-refractivity contribution < 1.29 is 13.2 Å². The largest absolute Gasteiger partial charge is 0.354 e. The Bertz CT molecular complexity index is 290. The fourth-order valence-corrected chi connectivity index (χ4v) is 0.854. The summed E-state index contributed by atoms with van der Waals surface area (Å²) in [6.45, 7) is -0.0562. The first-order valence-electron chi connectivity index (χ1n) is 3.10. The Morgan fingerprint density at radius 3 is 2.58 bits per heavy atom. The van der Waals surface area contributed by atoms with Crippen LogP contribution in [0.25, 0.3) is 0 Å². The Balaban J connectivity index is 3.59. The third kappa shape index (κ3) is 6.98. The maximum Gasteiger partial charge on any atom is 0.234 e. The van der Waals surface area contributed by atoms with Gasteiger partial charge in [-0.15, -0.1) is 0 Å². The molecule has 0 aliphatic heterocycles. The van der Waals surface area contributed by atoms with Gasteiger partial charge in [0.2, 0.25) is 15.9 Å². The van der Waals surface area contributed by atoms with Crippen LogP contribution in [0.3, 0.4) is 0 Å². The van der Waals surface area contributed by atoms with Crippen molar-refractivity contribution in [3.8, 4) is 6.07 Å². The number of amides is 1. The van der Waals surface area contributed by atoms with Crippen molar-refractivity contribution in [2.45, 2.75) is 6.42 Å². The van der Waals surface area contributed by atoms with Crippen LogP contribution in [0, 0.1) is 11.3 Å². The number of sulfonamides is 1. The Kier molecular flexibility index (Phi) is 4.25. The molecule has 3 N–H and O–H groups in total. The quantitative estimate of drug-likeness (QED) is 0.551. The van der Waals surface area contributed by atoms with Gasteiger partial charge in [-0.1, -0.05) is 0 Å².